The summed E-state index contributed by atoms with van der Waals surface area (Å²) in [4.78, 5) is 13.9. The van der Waals surface area contributed by atoms with Crippen LogP contribution < -0.4 is 5.32 Å². The number of likely N-dealkylation sites (N-methyl/N-ethyl adjacent to an activating group) is 1. The molecule has 1 aromatic carbocycles. The molecule has 1 unspecified atom stereocenters. The maximum absolute atomic E-state index is 11.8. The van der Waals surface area contributed by atoms with Crippen molar-refractivity contribution in [2.75, 3.05) is 13.1 Å². The minimum Gasteiger partial charge on any atom is -0.508 e. The monoisotopic (exact) mass is 264 g/mol. The molecule has 4 heteroatoms. The third-order valence-electron chi connectivity index (χ3n) is 3.10. The van der Waals surface area contributed by atoms with Crippen LogP contribution in [0, 0.1) is 0 Å². The first-order valence-electron chi connectivity index (χ1n) is 6.76. The van der Waals surface area contributed by atoms with Crippen LogP contribution in [-0.2, 0) is 4.79 Å². The van der Waals surface area contributed by atoms with Gasteiger partial charge in [-0.3, -0.25) is 9.69 Å². The summed E-state index contributed by atoms with van der Waals surface area (Å²) in [6.45, 7) is 9.12. The topological polar surface area (TPSA) is 52.6 Å². The predicted octanol–water partition coefficient (Wildman–Crippen LogP) is 2.30. The van der Waals surface area contributed by atoms with Crippen molar-refractivity contribution in [1.29, 1.82) is 0 Å². The van der Waals surface area contributed by atoms with Crippen molar-refractivity contribution >= 4 is 5.91 Å². The van der Waals surface area contributed by atoms with Gasteiger partial charge in [-0.25, -0.2) is 0 Å². The van der Waals surface area contributed by atoms with Crippen molar-refractivity contribution in [2.24, 2.45) is 0 Å². The first-order chi connectivity index (χ1) is 8.93. The van der Waals surface area contributed by atoms with E-state index in [0.29, 0.717) is 6.54 Å². The molecule has 0 aliphatic rings. The Bertz CT molecular complexity index is 418. The maximum atomic E-state index is 11.8. The van der Waals surface area contributed by atoms with Gasteiger partial charge >= 0.3 is 0 Å². The molecule has 0 saturated carbocycles. The highest BCUT2D eigenvalue weighted by Gasteiger charge is 2.17. The Kier molecular flexibility index (Phi) is 5.83. The summed E-state index contributed by atoms with van der Waals surface area (Å²) in [5.74, 6) is 0.288. The molecule has 106 valence electrons. The molecular formula is C15H24N2O2. The Morgan fingerprint density at radius 3 is 2.58 bits per heavy atom. The summed E-state index contributed by atoms with van der Waals surface area (Å²) in [5, 5.41) is 12.4. The molecule has 0 spiro atoms. The first-order valence-corrected chi connectivity index (χ1v) is 6.76. The fourth-order valence-electron chi connectivity index (χ4n) is 2.07. The van der Waals surface area contributed by atoms with Crippen LogP contribution in [0.15, 0.2) is 24.3 Å². The lowest BCUT2D eigenvalue weighted by Crippen LogP contribution is -2.41. The Hall–Kier alpha value is -1.55. The van der Waals surface area contributed by atoms with Gasteiger partial charge in [0.25, 0.3) is 0 Å². The number of carbonyl (C=O) groups excluding carboxylic acids is 1. The summed E-state index contributed by atoms with van der Waals surface area (Å²) >= 11 is 0. The van der Waals surface area contributed by atoms with Crippen molar-refractivity contribution in [3.8, 4) is 5.75 Å². The highest BCUT2D eigenvalue weighted by molar-refractivity contribution is 5.78. The van der Waals surface area contributed by atoms with Gasteiger partial charge in [-0.05, 0) is 45.0 Å². The number of nitrogens with zero attached hydrogens (tertiary/aromatic N) is 1. The lowest BCUT2D eigenvalue weighted by atomic mass is 10.1. The van der Waals surface area contributed by atoms with Crippen LogP contribution in [0.4, 0.5) is 0 Å². The largest absolute Gasteiger partial charge is 0.508 e. The SMILES string of the molecule is CCN(CC(=O)NC(C)C)C(C)c1cccc(O)c1. The maximum Gasteiger partial charge on any atom is 0.234 e. The number of hydrogen-bond donors (Lipinski definition) is 2. The molecular weight excluding hydrogens is 240 g/mol. The fourth-order valence-corrected chi connectivity index (χ4v) is 2.07. The van der Waals surface area contributed by atoms with Crippen molar-refractivity contribution in [3.05, 3.63) is 29.8 Å². The average Bonchev–Trinajstić information content (AvgIpc) is 2.34. The van der Waals surface area contributed by atoms with Crippen LogP contribution in [0.2, 0.25) is 0 Å². The average molecular weight is 264 g/mol. The third kappa shape index (κ3) is 4.91. The van der Waals surface area contributed by atoms with Crippen molar-refractivity contribution in [3.63, 3.8) is 0 Å². The number of hydrogen-bond acceptors (Lipinski definition) is 3. The van der Waals surface area contributed by atoms with Crippen molar-refractivity contribution in [2.45, 2.75) is 39.8 Å². The van der Waals surface area contributed by atoms with Crippen LogP contribution in [0.1, 0.15) is 39.3 Å². The molecule has 0 heterocycles. The second-order valence-corrected chi connectivity index (χ2v) is 5.06. The molecule has 19 heavy (non-hydrogen) atoms. The van der Waals surface area contributed by atoms with Gasteiger partial charge in [-0.2, -0.15) is 0 Å². The summed E-state index contributed by atoms with van der Waals surface area (Å²) < 4.78 is 0. The van der Waals surface area contributed by atoms with E-state index in [1.807, 2.05) is 39.8 Å². The lowest BCUT2D eigenvalue weighted by Gasteiger charge is -2.28. The van der Waals surface area contributed by atoms with Gasteiger partial charge in [0.05, 0.1) is 6.54 Å². The van der Waals surface area contributed by atoms with Crippen LogP contribution in [0.3, 0.4) is 0 Å². The zero-order chi connectivity index (χ0) is 14.4. The summed E-state index contributed by atoms with van der Waals surface area (Å²) in [6.07, 6.45) is 0. The predicted molar refractivity (Wildman–Crippen MR) is 77.0 cm³/mol. The number of benzene rings is 1. The molecule has 1 aromatic rings. The Balaban J connectivity index is 2.71. The number of nitrogens with one attached hydrogen (secondary N) is 1. The van der Waals surface area contributed by atoms with Gasteiger partial charge in [0.1, 0.15) is 5.75 Å². The molecule has 0 aliphatic heterocycles. The molecule has 0 aliphatic carbocycles. The van der Waals surface area contributed by atoms with E-state index in [9.17, 15) is 9.90 Å². The van der Waals surface area contributed by atoms with Crippen LogP contribution in [0.5, 0.6) is 5.75 Å². The molecule has 1 atom stereocenters. The fraction of sp³-hybridized carbons (Fsp3) is 0.533. The van der Waals surface area contributed by atoms with E-state index in [0.717, 1.165) is 12.1 Å². The number of phenols is 1. The van der Waals surface area contributed by atoms with Crippen LogP contribution >= 0.6 is 0 Å². The summed E-state index contributed by atoms with van der Waals surface area (Å²) in [6, 6.07) is 7.43. The number of carbonyl (C=O) groups is 1. The molecule has 0 fully saturated rings. The van der Waals surface area contributed by atoms with Gasteiger partial charge in [-0.15, -0.1) is 0 Å². The molecule has 1 amide bonds. The summed E-state index contributed by atoms with van der Waals surface area (Å²) in [7, 11) is 0. The second kappa shape index (κ2) is 7.14. The Morgan fingerprint density at radius 1 is 1.37 bits per heavy atom. The smallest absolute Gasteiger partial charge is 0.234 e. The van der Waals surface area contributed by atoms with E-state index in [1.54, 1.807) is 12.1 Å². The minimum absolute atomic E-state index is 0.0313. The molecule has 0 saturated heterocycles. The molecule has 4 nitrogen and oxygen atoms in total. The van der Waals surface area contributed by atoms with Crippen molar-refractivity contribution in [1.82, 2.24) is 10.2 Å². The zero-order valence-electron chi connectivity index (χ0n) is 12.2. The molecule has 2 N–H and O–H groups in total. The molecule has 0 radical (unpaired) electrons. The third-order valence-corrected chi connectivity index (χ3v) is 3.10. The van der Waals surface area contributed by atoms with E-state index in [2.05, 4.69) is 10.2 Å². The van der Waals surface area contributed by atoms with Gasteiger partial charge in [0.15, 0.2) is 0 Å². The molecule has 1 rings (SSSR count). The highest BCUT2D eigenvalue weighted by atomic mass is 16.3. The van der Waals surface area contributed by atoms with E-state index >= 15 is 0 Å². The number of phenolic OH excluding ortho intramolecular Hbond substituents is 1. The highest BCUT2D eigenvalue weighted by Crippen LogP contribution is 2.22. The number of rotatable bonds is 6. The van der Waals surface area contributed by atoms with E-state index < -0.39 is 0 Å². The summed E-state index contributed by atoms with van der Waals surface area (Å²) in [5.41, 5.74) is 1.01. The van der Waals surface area contributed by atoms with Crippen LogP contribution in [-0.4, -0.2) is 35.0 Å². The van der Waals surface area contributed by atoms with Gasteiger partial charge in [0, 0.05) is 12.1 Å². The van der Waals surface area contributed by atoms with E-state index in [4.69, 9.17) is 0 Å². The standard InChI is InChI=1S/C15H24N2O2/c1-5-17(10-15(19)16-11(2)3)12(4)13-7-6-8-14(18)9-13/h6-9,11-12,18H,5,10H2,1-4H3,(H,16,19). The van der Waals surface area contributed by atoms with E-state index in [1.165, 1.54) is 0 Å². The number of amides is 1. The lowest BCUT2D eigenvalue weighted by molar-refractivity contribution is -0.123. The van der Waals surface area contributed by atoms with Crippen LogP contribution in [0.25, 0.3) is 0 Å². The van der Waals surface area contributed by atoms with Gasteiger partial charge in [-0.1, -0.05) is 19.1 Å². The molecule has 0 bridgehead atoms. The second-order valence-electron chi connectivity index (χ2n) is 5.06. The Labute approximate surface area is 115 Å². The first kappa shape index (κ1) is 15.5. The van der Waals surface area contributed by atoms with Crippen molar-refractivity contribution < 1.29 is 9.90 Å². The van der Waals surface area contributed by atoms with Gasteiger partial charge in [0.2, 0.25) is 5.91 Å². The molecule has 0 aromatic heterocycles. The minimum atomic E-state index is 0.0313. The quantitative estimate of drug-likeness (QED) is 0.829. The van der Waals surface area contributed by atoms with E-state index in [-0.39, 0.29) is 23.7 Å². The van der Waals surface area contributed by atoms with Gasteiger partial charge < -0.3 is 10.4 Å². The zero-order valence-corrected chi connectivity index (χ0v) is 12.2. The Morgan fingerprint density at radius 2 is 2.05 bits per heavy atom. The number of aromatic hydroxyl groups is 1. The normalized spacial score (nSPS) is 12.7.